The topological polar surface area (TPSA) is 73.0 Å². The predicted molar refractivity (Wildman–Crippen MR) is 142 cm³/mol. The number of anilines is 1. The minimum atomic E-state index is -0.353. The van der Waals surface area contributed by atoms with Crippen molar-refractivity contribution < 1.29 is 9.18 Å². The fraction of sp³-hybridized carbons (Fsp3) is 0.143. The molecule has 1 aliphatic rings. The van der Waals surface area contributed by atoms with Crippen LogP contribution in [-0.4, -0.2) is 31.0 Å². The highest BCUT2D eigenvalue weighted by Gasteiger charge is 2.31. The number of amides is 1. The summed E-state index contributed by atoms with van der Waals surface area (Å²) in [4.78, 5) is 33.6. The summed E-state index contributed by atoms with van der Waals surface area (Å²) >= 11 is 1.45. The molecule has 5 aromatic rings. The summed E-state index contributed by atoms with van der Waals surface area (Å²) < 4.78 is 16.5. The standard InChI is InChI=1S/C28H22FN5O2S/c29-20-11-13-22(14-12-20)34-26-24(16-30-34)27(36)33-23(18-37-28(33)31-26)15-25(35)32(21-9-5-2-6-10-21)17-19-7-3-1-4-8-19/h1-14,16,23H,15,17-18H2. The Hall–Kier alpha value is -4.24. The summed E-state index contributed by atoms with van der Waals surface area (Å²) in [5.74, 6) is 0.148. The van der Waals surface area contributed by atoms with Gasteiger partial charge in [-0.05, 0) is 42.0 Å². The maximum Gasteiger partial charge on any atom is 0.265 e. The van der Waals surface area contributed by atoms with Gasteiger partial charge in [0.25, 0.3) is 5.56 Å². The fourth-order valence-corrected chi connectivity index (χ4v) is 5.69. The first-order chi connectivity index (χ1) is 18.1. The van der Waals surface area contributed by atoms with E-state index in [0.29, 0.717) is 34.2 Å². The van der Waals surface area contributed by atoms with Gasteiger partial charge in [0.1, 0.15) is 11.2 Å². The number of hydrogen-bond donors (Lipinski definition) is 0. The number of benzene rings is 3. The summed E-state index contributed by atoms with van der Waals surface area (Å²) in [6.07, 6.45) is 1.65. The molecule has 184 valence electrons. The molecule has 9 heteroatoms. The minimum absolute atomic E-state index is 0.0671. The maximum absolute atomic E-state index is 13.6. The van der Waals surface area contributed by atoms with Gasteiger partial charge in [-0.2, -0.15) is 5.10 Å². The van der Waals surface area contributed by atoms with Gasteiger partial charge >= 0.3 is 0 Å². The molecule has 0 fully saturated rings. The Labute approximate surface area is 216 Å². The Morgan fingerprint density at radius 1 is 1.00 bits per heavy atom. The molecule has 0 saturated carbocycles. The third-order valence-electron chi connectivity index (χ3n) is 6.40. The van der Waals surface area contributed by atoms with E-state index in [1.807, 2.05) is 60.7 Å². The SMILES string of the molecule is O=C(CC1CSc2nc3c(cnn3-c3ccc(F)cc3)c(=O)n21)N(Cc1ccccc1)c1ccccc1. The first-order valence-corrected chi connectivity index (χ1v) is 12.9. The van der Waals surface area contributed by atoms with Crippen LogP contribution in [0.3, 0.4) is 0 Å². The van der Waals surface area contributed by atoms with Crippen molar-refractivity contribution in [1.29, 1.82) is 0 Å². The van der Waals surface area contributed by atoms with E-state index < -0.39 is 0 Å². The molecule has 1 amide bonds. The Bertz CT molecular complexity index is 1640. The molecular weight excluding hydrogens is 489 g/mol. The summed E-state index contributed by atoms with van der Waals surface area (Å²) in [5.41, 5.74) is 2.63. The van der Waals surface area contributed by atoms with Gasteiger partial charge in [0.05, 0.1) is 24.5 Å². The molecule has 0 radical (unpaired) electrons. The van der Waals surface area contributed by atoms with Crippen LogP contribution in [0.5, 0.6) is 0 Å². The molecule has 0 aliphatic carbocycles. The van der Waals surface area contributed by atoms with Crippen LogP contribution >= 0.6 is 11.8 Å². The van der Waals surface area contributed by atoms with E-state index in [4.69, 9.17) is 4.98 Å². The summed E-state index contributed by atoms with van der Waals surface area (Å²) in [6.45, 7) is 0.438. The zero-order valence-corrected chi connectivity index (χ0v) is 20.5. The summed E-state index contributed by atoms with van der Waals surface area (Å²) in [7, 11) is 0. The van der Waals surface area contributed by atoms with Crippen LogP contribution in [0.15, 0.2) is 101 Å². The molecule has 0 bridgehead atoms. The number of para-hydroxylation sites is 1. The average Bonchev–Trinajstić information content (AvgIpc) is 3.54. The molecule has 3 aromatic carbocycles. The van der Waals surface area contributed by atoms with Gasteiger partial charge in [0.2, 0.25) is 5.91 Å². The van der Waals surface area contributed by atoms with Crippen LogP contribution in [0.4, 0.5) is 10.1 Å². The van der Waals surface area contributed by atoms with Gasteiger partial charge in [0.15, 0.2) is 10.8 Å². The second-order valence-electron chi connectivity index (χ2n) is 8.81. The van der Waals surface area contributed by atoms with Crippen molar-refractivity contribution in [2.24, 2.45) is 0 Å². The first-order valence-electron chi connectivity index (χ1n) is 11.9. The van der Waals surface area contributed by atoms with Crippen LogP contribution in [0.1, 0.15) is 18.0 Å². The lowest BCUT2D eigenvalue weighted by Gasteiger charge is -2.25. The van der Waals surface area contributed by atoms with Gasteiger partial charge in [-0.3, -0.25) is 14.2 Å². The normalized spacial score (nSPS) is 14.6. The van der Waals surface area contributed by atoms with Crippen molar-refractivity contribution in [3.05, 3.63) is 113 Å². The highest BCUT2D eigenvalue weighted by atomic mass is 32.2. The van der Waals surface area contributed by atoms with Gasteiger partial charge in [0, 0.05) is 17.9 Å². The van der Waals surface area contributed by atoms with Crippen molar-refractivity contribution in [3.63, 3.8) is 0 Å². The van der Waals surface area contributed by atoms with Crippen molar-refractivity contribution in [2.75, 3.05) is 10.7 Å². The molecule has 7 nitrogen and oxygen atoms in total. The largest absolute Gasteiger partial charge is 0.308 e. The smallest absolute Gasteiger partial charge is 0.265 e. The van der Waals surface area contributed by atoms with Crippen LogP contribution in [0.2, 0.25) is 0 Å². The predicted octanol–water partition coefficient (Wildman–Crippen LogP) is 4.99. The number of thioether (sulfide) groups is 1. The van der Waals surface area contributed by atoms with E-state index in [-0.39, 0.29) is 29.7 Å². The van der Waals surface area contributed by atoms with Gasteiger partial charge in [-0.15, -0.1) is 0 Å². The van der Waals surface area contributed by atoms with Gasteiger partial charge < -0.3 is 4.90 Å². The number of nitrogens with zero attached hydrogens (tertiary/aromatic N) is 5. The van der Waals surface area contributed by atoms with Crippen LogP contribution in [-0.2, 0) is 11.3 Å². The summed E-state index contributed by atoms with van der Waals surface area (Å²) in [6, 6.07) is 24.9. The zero-order valence-electron chi connectivity index (χ0n) is 19.7. The molecule has 6 rings (SSSR count). The van der Waals surface area contributed by atoms with Crippen LogP contribution in [0.25, 0.3) is 16.7 Å². The third-order valence-corrected chi connectivity index (χ3v) is 7.50. The quantitative estimate of drug-likeness (QED) is 0.300. The first kappa shape index (κ1) is 23.2. The number of carbonyl (C=O) groups excluding carboxylic acids is 1. The zero-order chi connectivity index (χ0) is 25.4. The Morgan fingerprint density at radius 2 is 1.70 bits per heavy atom. The molecule has 37 heavy (non-hydrogen) atoms. The number of carbonyl (C=O) groups is 1. The maximum atomic E-state index is 13.6. The molecule has 1 aliphatic heterocycles. The lowest BCUT2D eigenvalue weighted by molar-refractivity contribution is -0.119. The van der Waals surface area contributed by atoms with Crippen LogP contribution < -0.4 is 10.5 Å². The summed E-state index contributed by atoms with van der Waals surface area (Å²) in [5, 5.41) is 5.24. The van der Waals surface area contributed by atoms with E-state index >= 15 is 0 Å². The molecule has 0 N–H and O–H groups in total. The van der Waals surface area contributed by atoms with Crippen molar-refractivity contribution in [2.45, 2.75) is 24.2 Å². The Morgan fingerprint density at radius 3 is 2.43 bits per heavy atom. The van der Waals surface area contributed by atoms with E-state index in [9.17, 15) is 14.0 Å². The molecule has 2 aromatic heterocycles. The molecule has 1 atom stereocenters. The van der Waals surface area contributed by atoms with Crippen molar-refractivity contribution in [3.8, 4) is 5.69 Å². The number of aromatic nitrogens is 4. The van der Waals surface area contributed by atoms with E-state index in [2.05, 4.69) is 5.10 Å². The molecule has 0 spiro atoms. The lowest BCUT2D eigenvalue weighted by Crippen LogP contribution is -2.34. The van der Waals surface area contributed by atoms with Crippen LogP contribution in [0, 0.1) is 5.82 Å². The number of fused-ring (bicyclic) bond motifs is 2. The average molecular weight is 512 g/mol. The highest BCUT2D eigenvalue weighted by molar-refractivity contribution is 7.99. The molecule has 1 unspecified atom stereocenters. The monoisotopic (exact) mass is 511 g/mol. The highest BCUT2D eigenvalue weighted by Crippen LogP contribution is 2.34. The van der Waals surface area contributed by atoms with E-state index in [1.54, 1.807) is 21.6 Å². The second kappa shape index (κ2) is 9.67. The number of rotatable bonds is 6. The number of halogens is 1. The Kier molecular flexibility index (Phi) is 6.05. The Balaban J connectivity index is 1.32. The van der Waals surface area contributed by atoms with Gasteiger partial charge in [-0.1, -0.05) is 60.3 Å². The van der Waals surface area contributed by atoms with Crippen molar-refractivity contribution in [1.82, 2.24) is 19.3 Å². The van der Waals surface area contributed by atoms with Crippen molar-refractivity contribution >= 4 is 34.4 Å². The van der Waals surface area contributed by atoms with E-state index in [1.165, 1.54) is 34.8 Å². The minimum Gasteiger partial charge on any atom is -0.308 e. The lowest BCUT2D eigenvalue weighted by atomic mass is 10.1. The third kappa shape index (κ3) is 4.42. The molecular formula is C28H22FN5O2S. The van der Waals surface area contributed by atoms with Gasteiger partial charge in [-0.25, -0.2) is 14.1 Å². The van der Waals surface area contributed by atoms with E-state index in [0.717, 1.165) is 11.3 Å². The fourth-order valence-electron chi connectivity index (χ4n) is 4.56. The second-order valence-corrected chi connectivity index (χ2v) is 9.80. The molecule has 3 heterocycles. The number of hydrogen-bond acceptors (Lipinski definition) is 5. The molecule has 0 saturated heterocycles.